The molecule has 0 amide bonds. The number of rotatable bonds is 4. The number of methoxy groups -OCH3 is 1. The molecule has 3 nitrogen and oxygen atoms in total. The normalized spacial score (nSPS) is 10.7. The summed E-state index contributed by atoms with van der Waals surface area (Å²) in [5.41, 5.74) is 1.23. The van der Waals surface area contributed by atoms with Gasteiger partial charge in [0.05, 0.1) is 7.11 Å². The second kappa shape index (κ2) is 6.26. The minimum absolute atomic E-state index is 0.0323. The monoisotopic (exact) mass is 288 g/mol. The molecule has 1 N–H and O–H groups in total. The van der Waals surface area contributed by atoms with E-state index in [9.17, 15) is 9.90 Å². The predicted molar refractivity (Wildman–Crippen MR) is 79.5 cm³/mol. The molecule has 0 heterocycles. The summed E-state index contributed by atoms with van der Waals surface area (Å²) in [5, 5.41) is 10.2. The molecule has 4 heteroatoms. The SMILES string of the molecule is COc1ccc(C=CC(=O)c2cccc(Cl)c2)cc1O. The minimum atomic E-state index is -0.150. The number of aromatic hydroxyl groups is 1. The van der Waals surface area contributed by atoms with Gasteiger partial charge < -0.3 is 9.84 Å². The van der Waals surface area contributed by atoms with Gasteiger partial charge in [-0.25, -0.2) is 0 Å². The molecule has 0 aliphatic heterocycles. The summed E-state index contributed by atoms with van der Waals surface area (Å²) in [4.78, 5) is 11.9. The maximum absolute atomic E-state index is 11.9. The lowest BCUT2D eigenvalue weighted by atomic mass is 10.1. The first-order valence-corrected chi connectivity index (χ1v) is 6.33. The predicted octanol–water partition coefficient (Wildman–Crippen LogP) is 3.95. The van der Waals surface area contributed by atoms with Crippen molar-refractivity contribution in [3.05, 3.63) is 64.7 Å². The molecule has 0 aliphatic rings. The summed E-state index contributed by atoms with van der Waals surface area (Å²) in [6.45, 7) is 0. The highest BCUT2D eigenvalue weighted by Gasteiger charge is 2.03. The zero-order valence-electron chi connectivity index (χ0n) is 10.8. The van der Waals surface area contributed by atoms with Crippen molar-refractivity contribution < 1.29 is 14.6 Å². The highest BCUT2D eigenvalue weighted by Crippen LogP contribution is 2.26. The minimum Gasteiger partial charge on any atom is -0.504 e. The van der Waals surface area contributed by atoms with Crippen LogP contribution in [0.3, 0.4) is 0 Å². The van der Waals surface area contributed by atoms with E-state index in [1.807, 2.05) is 0 Å². The zero-order valence-corrected chi connectivity index (χ0v) is 11.6. The summed E-state index contributed by atoms with van der Waals surface area (Å²) in [6.07, 6.45) is 3.06. The number of hydrogen-bond donors (Lipinski definition) is 1. The van der Waals surface area contributed by atoms with E-state index in [2.05, 4.69) is 0 Å². The van der Waals surface area contributed by atoms with Gasteiger partial charge in [-0.2, -0.15) is 0 Å². The van der Waals surface area contributed by atoms with Crippen LogP contribution in [0.4, 0.5) is 0 Å². The molecule has 2 aromatic rings. The highest BCUT2D eigenvalue weighted by atomic mass is 35.5. The number of hydrogen-bond acceptors (Lipinski definition) is 3. The molecule has 20 heavy (non-hydrogen) atoms. The number of phenols is 1. The van der Waals surface area contributed by atoms with Crippen LogP contribution in [0, 0.1) is 0 Å². The van der Waals surface area contributed by atoms with E-state index in [0.717, 1.165) is 0 Å². The van der Waals surface area contributed by atoms with E-state index in [1.165, 1.54) is 19.3 Å². The molecule has 0 saturated carbocycles. The number of carbonyl (C=O) groups is 1. The van der Waals surface area contributed by atoms with Gasteiger partial charge in [-0.05, 0) is 35.9 Å². The van der Waals surface area contributed by atoms with Gasteiger partial charge in [0.25, 0.3) is 0 Å². The van der Waals surface area contributed by atoms with Crippen molar-refractivity contribution in [3.63, 3.8) is 0 Å². The van der Waals surface area contributed by atoms with Crippen LogP contribution in [-0.4, -0.2) is 18.0 Å². The Morgan fingerprint density at radius 1 is 1.25 bits per heavy atom. The molecule has 0 aliphatic carbocycles. The Hall–Kier alpha value is -2.26. The molecule has 102 valence electrons. The third kappa shape index (κ3) is 3.39. The van der Waals surface area contributed by atoms with Crippen molar-refractivity contribution in [2.75, 3.05) is 7.11 Å². The molecule has 0 bridgehead atoms. The molecule has 2 aromatic carbocycles. The van der Waals surface area contributed by atoms with Crippen LogP contribution in [-0.2, 0) is 0 Å². The van der Waals surface area contributed by atoms with Crippen LogP contribution in [0.1, 0.15) is 15.9 Å². The van der Waals surface area contributed by atoms with Crippen LogP contribution >= 0.6 is 11.6 Å². The first-order valence-electron chi connectivity index (χ1n) is 5.95. The molecular formula is C16H13ClO3. The number of ketones is 1. The van der Waals surface area contributed by atoms with Crippen LogP contribution in [0.15, 0.2) is 48.5 Å². The Balaban J connectivity index is 2.17. The molecule has 0 saturated heterocycles. The van der Waals surface area contributed by atoms with Gasteiger partial charge in [0.15, 0.2) is 17.3 Å². The number of halogens is 1. The fourth-order valence-electron chi connectivity index (χ4n) is 1.72. The Kier molecular flexibility index (Phi) is 4.43. The van der Waals surface area contributed by atoms with E-state index in [0.29, 0.717) is 21.9 Å². The topological polar surface area (TPSA) is 46.5 Å². The van der Waals surface area contributed by atoms with Gasteiger partial charge in [-0.3, -0.25) is 4.79 Å². The molecule has 0 fully saturated rings. The zero-order chi connectivity index (χ0) is 14.5. The van der Waals surface area contributed by atoms with Crippen LogP contribution in [0.5, 0.6) is 11.5 Å². The average Bonchev–Trinajstić information content (AvgIpc) is 2.45. The van der Waals surface area contributed by atoms with Crippen LogP contribution < -0.4 is 4.74 Å². The van der Waals surface area contributed by atoms with Crippen LogP contribution in [0.25, 0.3) is 6.08 Å². The maximum atomic E-state index is 11.9. The molecular weight excluding hydrogens is 276 g/mol. The number of allylic oxidation sites excluding steroid dienone is 1. The lowest BCUT2D eigenvalue weighted by Gasteiger charge is -2.03. The average molecular weight is 289 g/mol. The van der Waals surface area contributed by atoms with Gasteiger partial charge in [0, 0.05) is 10.6 Å². The second-order valence-corrected chi connectivity index (χ2v) is 4.58. The first-order chi connectivity index (χ1) is 9.60. The van der Waals surface area contributed by atoms with Crippen molar-refractivity contribution in [2.45, 2.75) is 0 Å². The molecule has 0 spiro atoms. The van der Waals surface area contributed by atoms with E-state index in [4.69, 9.17) is 16.3 Å². The Bertz CT molecular complexity index is 663. The Labute approximate surface area is 122 Å². The van der Waals surface area contributed by atoms with Gasteiger partial charge >= 0.3 is 0 Å². The van der Waals surface area contributed by atoms with E-state index in [-0.39, 0.29) is 11.5 Å². The van der Waals surface area contributed by atoms with E-state index in [1.54, 1.807) is 42.5 Å². The number of carbonyl (C=O) groups excluding carboxylic acids is 1. The van der Waals surface area contributed by atoms with Gasteiger partial charge in [0.1, 0.15) is 0 Å². The molecule has 0 unspecified atom stereocenters. The third-order valence-electron chi connectivity index (χ3n) is 2.74. The molecule has 0 radical (unpaired) electrons. The molecule has 0 aromatic heterocycles. The third-order valence-corrected chi connectivity index (χ3v) is 2.97. The fraction of sp³-hybridized carbons (Fsp3) is 0.0625. The van der Waals surface area contributed by atoms with E-state index < -0.39 is 0 Å². The van der Waals surface area contributed by atoms with Crippen molar-refractivity contribution >= 4 is 23.5 Å². The summed E-state index contributed by atoms with van der Waals surface area (Å²) in [6, 6.07) is 11.7. The number of phenolic OH excluding ortho intramolecular Hbond substituents is 1. The fourth-order valence-corrected chi connectivity index (χ4v) is 1.91. The summed E-state index contributed by atoms with van der Waals surface area (Å²) >= 11 is 5.84. The van der Waals surface area contributed by atoms with E-state index >= 15 is 0 Å². The van der Waals surface area contributed by atoms with Crippen molar-refractivity contribution in [1.82, 2.24) is 0 Å². The lowest BCUT2D eigenvalue weighted by Crippen LogP contribution is -1.93. The van der Waals surface area contributed by atoms with Gasteiger partial charge in [-0.1, -0.05) is 35.9 Å². The smallest absolute Gasteiger partial charge is 0.185 e. The van der Waals surface area contributed by atoms with Gasteiger partial charge in [0.2, 0.25) is 0 Å². The highest BCUT2D eigenvalue weighted by molar-refractivity contribution is 6.31. The summed E-state index contributed by atoms with van der Waals surface area (Å²) in [5.74, 6) is 0.274. The maximum Gasteiger partial charge on any atom is 0.185 e. The number of ether oxygens (including phenoxy) is 1. The summed E-state index contributed by atoms with van der Waals surface area (Å²) in [7, 11) is 1.48. The Morgan fingerprint density at radius 2 is 2.05 bits per heavy atom. The quantitative estimate of drug-likeness (QED) is 0.684. The first kappa shape index (κ1) is 14.2. The Morgan fingerprint density at radius 3 is 2.70 bits per heavy atom. The molecule has 0 atom stereocenters. The van der Waals surface area contributed by atoms with Gasteiger partial charge in [-0.15, -0.1) is 0 Å². The molecule has 2 rings (SSSR count). The van der Waals surface area contributed by atoms with Crippen molar-refractivity contribution in [2.24, 2.45) is 0 Å². The second-order valence-electron chi connectivity index (χ2n) is 4.14. The number of benzene rings is 2. The van der Waals surface area contributed by atoms with Crippen LogP contribution in [0.2, 0.25) is 5.02 Å². The van der Waals surface area contributed by atoms with Crippen molar-refractivity contribution in [1.29, 1.82) is 0 Å². The van der Waals surface area contributed by atoms with Crippen molar-refractivity contribution in [3.8, 4) is 11.5 Å². The summed E-state index contributed by atoms with van der Waals surface area (Å²) < 4.78 is 4.95. The lowest BCUT2D eigenvalue weighted by molar-refractivity contribution is 0.104. The largest absolute Gasteiger partial charge is 0.504 e. The standard InChI is InChI=1S/C16H13ClO3/c1-20-16-8-6-11(9-15(16)19)5-7-14(18)12-3-2-4-13(17)10-12/h2-10,19H,1H3.